The largest absolute Gasteiger partial charge is 0.507 e. The molecule has 0 aliphatic carbocycles. The third-order valence-electron chi connectivity index (χ3n) is 3.00. The third-order valence-corrected chi connectivity index (χ3v) is 3.00. The van der Waals surface area contributed by atoms with Crippen LogP contribution in [-0.4, -0.2) is 50.5 Å². The summed E-state index contributed by atoms with van der Waals surface area (Å²) < 4.78 is 48.2. The van der Waals surface area contributed by atoms with Crippen molar-refractivity contribution in [3.05, 3.63) is 29.3 Å². The number of hydrogen-bond donors (Lipinski definition) is 1. The molecule has 0 saturated carbocycles. The fourth-order valence-corrected chi connectivity index (χ4v) is 1.88. The Balaban J connectivity index is 2.82. The van der Waals surface area contributed by atoms with E-state index in [1.54, 1.807) is 14.2 Å². The van der Waals surface area contributed by atoms with Gasteiger partial charge in [-0.3, -0.25) is 4.90 Å². The normalized spacial score (nSPS) is 12.1. The first-order valence-electron chi connectivity index (χ1n) is 6.47. The molecule has 0 fully saturated rings. The molecule has 21 heavy (non-hydrogen) atoms. The van der Waals surface area contributed by atoms with Crippen molar-refractivity contribution in [2.45, 2.75) is 12.7 Å². The summed E-state index contributed by atoms with van der Waals surface area (Å²) in [4.78, 5) is 1.93. The standard InChI is InChI=1S/C14H20F3NO3/c1-20-7-5-18(6-8-21-2)10-11-3-4-13(19)12(9-11)14(15,16)17/h3-4,9,19H,5-8,10H2,1-2H3. The number of benzene rings is 1. The van der Waals surface area contributed by atoms with E-state index in [1.165, 1.54) is 6.07 Å². The summed E-state index contributed by atoms with van der Waals surface area (Å²) in [7, 11) is 3.13. The van der Waals surface area contributed by atoms with Gasteiger partial charge in [-0.15, -0.1) is 0 Å². The smallest absolute Gasteiger partial charge is 0.419 e. The Bertz CT molecular complexity index is 430. The number of aromatic hydroxyl groups is 1. The number of methoxy groups -OCH3 is 2. The van der Waals surface area contributed by atoms with E-state index in [4.69, 9.17) is 9.47 Å². The third kappa shape index (κ3) is 5.91. The topological polar surface area (TPSA) is 41.9 Å². The molecule has 4 nitrogen and oxygen atoms in total. The van der Waals surface area contributed by atoms with Crippen molar-refractivity contribution < 1.29 is 27.8 Å². The molecule has 1 rings (SSSR count). The van der Waals surface area contributed by atoms with E-state index < -0.39 is 17.5 Å². The van der Waals surface area contributed by atoms with Crippen LogP contribution in [0.4, 0.5) is 13.2 Å². The number of hydrogen-bond acceptors (Lipinski definition) is 4. The Morgan fingerprint density at radius 3 is 2.14 bits per heavy atom. The van der Waals surface area contributed by atoms with Gasteiger partial charge in [0.15, 0.2) is 0 Å². The summed E-state index contributed by atoms with van der Waals surface area (Å²) in [5.74, 6) is -0.758. The molecule has 0 heterocycles. The predicted molar refractivity (Wildman–Crippen MR) is 72.1 cm³/mol. The minimum absolute atomic E-state index is 0.329. The van der Waals surface area contributed by atoms with Crippen LogP contribution in [0, 0.1) is 0 Å². The maximum Gasteiger partial charge on any atom is 0.419 e. The molecule has 1 aromatic carbocycles. The van der Waals surface area contributed by atoms with Crippen molar-refractivity contribution in [2.24, 2.45) is 0 Å². The monoisotopic (exact) mass is 307 g/mol. The highest BCUT2D eigenvalue weighted by Crippen LogP contribution is 2.36. The van der Waals surface area contributed by atoms with Gasteiger partial charge in [0.1, 0.15) is 5.75 Å². The number of halogens is 3. The molecule has 0 aliphatic heterocycles. The molecule has 0 aromatic heterocycles. The van der Waals surface area contributed by atoms with Crippen molar-refractivity contribution >= 4 is 0 Å². The SMILES string of the molecule is COCCN(CCOC)Cc1ccc(O)c(C(F)(F)F)c1. The second-order valence-electron chi connectivity index (χ2n) is 4.61. The molecule has 120 valence electrons. The van der Waals surface area contributed by atoms with Crippen LogP contribution in [0.25, 0.3) is 0 Å². The van der Waals surface area contributed by atoms with Gasteiger partial charge in [-0.25, -0.2) is 0 Å². The predicted octanol–water partition coefficient (Wildman–Crippen LogP) is 2.51. The van der Waals surface area contributed by atoms with Gasteiger partial charge in [-0.2, -0.15) is 13.2 Å². The van der Waals surface area contributed by atoms with Crippen LogP contribution in [0.15, 0.2) is 18.2 Å². The Kier molecular flexibility index (Phi) is 6.94. The molecule has 0 atom stereocenters. The van der Waals surface area contributed by atoms with Crippen molar-refractivity contribution in [1.29, 1.82) is 0 Å². The van der Waals surface area contributed by atoms with Gasteiger partial charge in [0.25, 0.3) is 0 Å². The minimum Gasteiger partial charge on any atom is -0.507 e. The van der Waals surface area contributed by atoms with Crippen LogP contribution >= 0.6 is 0 Å². The zero-order chi connectivity index (χ0) is 15.9. The van der Waals surface area contributed by atoms with Gasteiger partial charge in [-0.1, -0.05) is 6.07 Å². The van der Waals surface area contributed by atoms with Crippen molar-refractivity contribution in [3.63, 3.8) is 0 Å². The van der Waals surface area contributed by atoms with Crippen LogP contribution in [0.3, 0.4) is 0 Å². The fourth-order valence-electron chi connectivity index (χ4n) is 1.88. The lowest BCUT2D eigenvalue weighted by molar-refractivity contribution is -0.138. The molecule has 7 heteroatoms. The summed E-state index contributed by atoms with van der Waals surface area (Å²) in [5.41, 5.74) is -0.536. The molecular formula is C14H20F3NO3. The van der Waals surface area contributed by atoms with Crippen LogP contribution in [0.5, 0.6) is 5.75 Å². The average Bonchev–Trinajstić information content (AvgIpc) is 2.42. The van der Waals surface area contributed by atoms with Crippen molar-refractivity contribution in [2.75, 3.05) is 40.5 Å². The van der Waals surface area contributed by atoms with Crippen molar-refractivity contribution in [3.8, 4) is 5.75 Å². The molecule has 0 saturated heterocycles. The van der Waals surface area contributed by atoms with E-state index in [1.807, 2.05) is 4.90 Å². The van der Waals surface area contributed by atoms with Crippen LogP contribution in [0.2, 0.25) is 0 Å². The average molecular weight is 307 g/mol. The second-order valence-corrected chi connectivity index (χ2v) is 4.61. The Hall–Kier alpha value is -1.31. The first-order valence-corrected chi connectivity index (χ1v) is 6.47. The maximum atomic E-state index is 12.8. The number of phenols is 1. The van der Waals surface area contributed by atoms with Gasteiger partial charge >= 0.3 is 6.18 Å². The molecule has 0 aliphatic rings. The van der Waals surface area contributed by atoms with E-state index in [2.05, 4.69) is 0 Å². The van der Waals surface area contributed by atoms with Crippen LogP contribution < -0.4 is 0 Å². The first-order chi connectivity index (χ1) is 9.88. The molecule has 0 amide bonds. The number of nitrogens with zero attached hydrogens (tertiary/aromatic N) is 1. The number of rotatable bonds is 8. The van der Waals surface area contributed by atoms with Gasteiger partial charge in [0.2, 0.25) is 0 Å². The summed E-state index contributed by atoms with van der Waals surface area (Å²) in [5, 5.41) is 9.31. The van der Waals surface area contributed by atoms with Crippen molar-refractivity contribution in [1.82, 2.24) is 4.90 Å². The summed E-state index contributed by atoms with van der Waals surface area (Å²) in [6, 6.07) is 3.53. The zero-order valence-electron chi connectivity index (χ0n) is 12.1. The lowest BCUT2D eigenvalue weighted by Gasteiger charge is -2.22. The molecular weight excluding hydrogens is 287 g/mol. The molecule has 0 radical (unpaired) electrons. The quantitative estimate of drug-likeness (QED) is 0.801. The highest BCUT2D eigenvalue weighted by Gasteiger charge is 2.34. The van der Waals surface area contributed by atoms with E-state index in [-0.39, 0.29) is 0 Å². The first kappa shape index (κ1) is 17.7. The second kappa shape index (κ2) is 8.21. The minimum atomic E-state index is -4.57. The van der Waals surface area contributed by atoms with E-state index in [0.717, 1.165) is 12.1 Å². The Morgan fingerprint density at radius 1 is 1.10 bits per heavy atom. The number of ether oxygens (including phenoxy) is 2. The molecule has 1 N–H and O–H groups in total. The number of alkyl halides is 3. The van der Waals surface area contributed by atoms with E-state index in [0.29, 0.717) is 38.4 Å². The van der Waals surface area contributed by atoms with Gasteiger partial charge in [0.05, 0.1) is 18.8 Å². The van der Waals surface area contributed by atoms with Gasteiger partial charge in [0, 0.05) is 33.9 Å². The highest BCUT2D eigenvalue weighted by molar-refractivity contribution is 5.38. The lowest BCUT2D eigenvalue weighted by Crippen LogP contribution is -2.30. The fraction of sp³-hybridized carbons (Fsp3) is 0.571. The maximum absolute atomic E-state index is 12.8. The molecule has 1 aromatic rings. The Morgan fingerprint density at radius 2 is 1.67 bits per heavy atom. The van der Waals surface area contributed by atoms with E-state index >= 15 is 0 Å². The Labute approximate surface area is 122 Å². The summed E-state index contributed by atoms with van der Waals surface area (Å²) >= 11 is 0. The van der Waals surface area contributed by atoms with Gasteiger partial charge in [-0.05, 0) is 17.7 Å². The summed E-state index contributed by atoms with van der Waals surface area (Å²) in [6.45, 7) is 2.46. The zero-order valence-corrected chi connectivity index (χ0v) is 12.1. The van der Waals surface area contributed by atoms with Crippen LogP contribution in [-0.2, 0) is 22.2 Å². The highest BCUT2D eigenvalue weighted by atomic mass is 19.4. The molecule has 0 bridgehead atoms. The number of phenolic OH excluding ortho intramolecular Hbond substituents is 1. The molecule has 0 spiro atoms. The van der Waals surface area contributed by atoms with Gasteiger partial charge < -0.3 is 14.6 Å². The molecule has 0 unspecified atom stereocenters. The van der Waals surface area contributed by atoms with E-state index in [9.17, 15) is 18.3 Å². The summed E-state index contributed by atoms with van der Waals surface area (Å²) in [6.07, 6.45) is -4.57. The van der Waals surface area contributed by atoms with Crippen LogP contribution in [0.1, 0.15) is 11.1 Å². The lowest BCUT2D eigenvalue weighted by atomic mass is 10.1.